The molecule has 1 N–H and O–H groups in total. The Labute approximate surface area is 140 Å². The first-order chi connectivity index (χ1) is 11.1. The van der Waals surface area contributed by atoms with Crippen molar-refractivity contribution in [1.29, 1.82) is 0 Å². The summed E-state index contributed by atoms with van der Waals surface area (Å²) >= 11 is 6.11. The van der Waals surface area contributed by atoms with E-state index in [-0.39, 0.29) is 0 Å². The Morgan fingerprint density at radius 1 is 1.13 bits per heavy atom. The number of hydrogen-bond acceptors (Lipinski definition) is 7. The number of halogens is 1. The van der Waals surface area contributed by atoms with Crippen LogP contribution in [0.1, 0.15) is 13.8 Å². The molecular formula is C15H20ClN5O2. The van der Waals surface area contributed by atoms with Gasteiger partial charge in [-0.3, -0.25) is 0 Å². The van der Waals surface area contributed by atoms with Gasteiger partial charge in [0.1, 0.15) is 11.5 Å². The third-order valence-electron chi connectivity index (χ3n) is 3.33. The Bertz CT molecular complexity index is 664. The fourth-order valence-electron chi connectivity index (χ4n) is 2.09. The summed E-state index contributed by atoms with van der Waals surface area (Å²) in [4.78, 5) is 6.49. The molecule has 0 saturated carbocycles. The molecule has 124 valence electrons. The van der Waals surface area contributed by atoms with E-state index in [0.717, 1.165) is 13.1 Å². The number of nitrogens with zero attached hydrogens (tertiary/aromatic N) is 4. The predicted molar refractivity (Wildman–Crippen MR) is 91.2 cm³/mol. The second kappa shape index (κ2) is 7.82. The smallest absolute Gasteiger partial charge is 0.247 e. The maximum absolute atomic E-state index is 6.11. The Morgan fingerprint density at radius 3 is 2.43 bits per heavy atom. The lowest BCUT2D eigenvalue weighted by molar-refractivity contribution is 0.405. The highest BCUT2D eigenvalue weighted by molar-refractivity contribution is 6.32. The van der Waals surface area contributed by atoms with Crippen molar-refractivity contribution < 1.29 is 9.47 Å². The van der Waals surface area contributed by atoms with E-state index < -0.39 is 0 Å². The van der Waals surface area contributed by atoms with Gasteiger partial charge in [-0.15, -0.1) is 5.10 Å². The minimum Gasteiger partial charge on any atom is -0.495 e. The number of hydrogen-bond donors (Lipinski definition) is 1. The minimum absolute atomic E-state index is 0.472. The van der Waals surface area contributed by atoms with Crippen molar-refractivity contribution in [1.82, 2.24) is 15.2 Å². The summed E-state index contributed by atoms with van der Waals surface area (Å²) in [6.07, 6.45) is 1.55. The lowest BCUT2D eigenvalue weighted by Crippen LogP contribution is -2.24. The third kappa shape index (κ3) is 3.92. The molecule has 0 aliphatic rings. The monoisotopic (exact) mass is 337 g/mol. The van der Waals surface area contributed by atoms with Gasteiger partial charge in [0.15, 0.2) is 5.82 Å². The highest BCUT2D eigenvalue weighted by Gasteiger charge is 2.12. The van der Waals surface area contributed by atoms with Crippen molar-refractivity contribution in [2.45, 2.75) is 13.8 Å². The molecule has 8 heteroatoms. The summed E-state index contributed by atoms with van der Waals surface area (Å²) in [5.41, 5.74) is 0.680. The van der Waals surface area contributed by atoms with Gasteiger partial charge in [-0.25, -0.2) is 0 Å². The largest absolute Gasteiger partial charge is 0.495 e. The number of anilines is 3. The molecule has 0 bridgehead atoms. The van der Waals surface area contributed by atoms with E-state index in [0.29, 0.717) is 34.0 Å². The Morgan fingerprint density at radius 2 is 1.83 bits per heavy atom. The summed E-state index contributed by atoms with van der Waals surface area (Å²) < 4.78 is 10.6. The van der Waals surface area contributed by atoms with Crippen molar-refractivity contribution in [2.75, 3.05) is 37.5 Å². The fourth-order valence-corrected chi connectivity index (χ4v) is 2.32. The van der Waals surface area contributed by atoms with E-state index in [4.69, 9.17) is 21.1 Å². The second-order valence-corrected chi connectivity index (χ2v) is 5.03. The molecule has 0 unspecified atom stereocenters. The first kappa shape index (κ1) is 17.1. The summed E-state index contributed by atoms with van der Waals surface area (Å²) in [6.45, 7) is 5.69. The van der Waals surface area contributed by atoms with E-state index in [1.165, 1.54) is 0 Å². The molecule has 2 aromatic rings. The van der Waals surface area contributed by atoms with Gasteiger partial charge in [0.2, 0.25) is 5.95 Å². The van der Waals surface area contributed by atoms with Crippen molar-refractivity contribution in [2.24, 2.45) is 0 Å². The molecule has 23 heavy (non-hydrogen) atoms. The lowest BCUT2D eigenvalue weighted by atomic mass is 10.2. The first-order valence-electron chi connectivity index (χ1n) is 7.26. The van der Waals surface area contributed by atoms with Gasteiger partial charge in [-0.1, -0.05) is 11.6 Å². The number of benzene rings is 1. The summed E-state index contributed by atoms with van der Waals surface area (Å²) in [5, 5.41) is 11.7. The van der Waals surface area contributed by atoms with Crippen molar-refractivity contribution in [3.8, 4) is 11.5 Å². The minimum atomic E-state index is 0.472. The molecule has 0 aliphatic heterocycles. The number of aromatic nitrogens is 3. The van der Waals surface area contributed by atoms with E-state index in [2.05, 4.69) is 20.5 Å². The van der Waals surface area contributed by atoms with Gasteiger partial charge in [0.25, 0.3) is 0 Å². The molecule has 1 aromatic heterocycles. The van der Waals surface area contributed by atoms with Gasteiger partial charge in [0, 0.05) is 25.2 Å². The molecule has 0 atom stereocenters. The normalized spacial score (nSPS) is 10.3. The molecule has 2 rings (SSSR count). The van der Waals surface area contributed by atoms with Crippen LogP contribution >= 0.6 is 11.6 Å². The van der Waals surface area contributed by atoms with Gasteiger partial charge in [-0.05, 0) is 13.8 Å². The average molecular weight is 338 g/mol. The Balaban J connectivity index is 2.33. The molecule has 7 nitrogen and oxygen atoms in total. The maximum atomic E-state index is 6.11. The highest BCUT2D eigenvalue weighted by Crippen LogP contribution is 2.37. The number of rotatable bonds is 7. The first-order valence-corrected chi connectivity index (χ1v) is 7.63. The van der Waals surface area contributed by atoms with Crippen LogP contribution in [0.15, 0.2) is 18.3 Å². The van der Waals surface area contributed by atoms with Crippen LogP contribution in [-0.4, -0.2) is 42.5 Å². The fraction of sp³-hybridized carbons (Fsp3) is 0.400. The lowest BCUT2D eigenvalue weighted by Gasteiger charge is -2.18. The van der Waals surface area contributed by atoms with Gasteiger partial charge < -0.3 is 19.7 Å². The summed E-state index contributed by atoms with van der Waals surface area (Å²) in [6, 6.07) is 3.43. The Hall–Kier alpha value is -2.28. The zero-order valence-electron chi connectivity index (χ0n) is 13.6. The molecule has 0 fully saturated rings. The molecule has 1 heterocycles. The van der Waals surface area contributed by atoms with E-state index in [1.807, 2.05) is 18.7 Å². The van der Waals surface area contributed by atoms with Crippen LogP contribution < -0.4 is 19.7 Å². The van der Waals surface area contributed by atoms with Crippen LogP contribution in [-0.2, 0) is 0 Å². The van der Waals surface area contributed by atoms with Gasteiger partial charge >= 0.3 is 0 Å². The van der Waals surface area contributed by atoms with E-state index in [1.54, 1.807) is 32.5 Å². The molecule has 0 amide bonds. The van der Waals surface area contributed by atoms with Crippen LogP contribution in [0.4, 0.5) is 17.5 Å². The van der Waals surface area contributed by atoms with Gasteiger partial charge in [0.05, 0.1) is 31.1 Å². The third-order valence-corrected chi connectivity index (χ3v) is 3.63. The van der Waals surface area contributed by atoms with Crippen molar-refractivity contribution in [3.05, 3.63) is 23.4 Å². The van der Waals surface area contributed by atoms with Crippen LogP contribution in [0.2, 0.25) is 5.02 Å². The van der Waals surface area contributed by atoms with Gasteiger partial charge in [-0.2, -0.15) is 10.1 Å². The predicted octanol–water partition coefficient (Wildman–Crippen LogP) is 3.13. The van der Waals surface area contributed by atoms with Crippen LogP contribution in [0.25, 0.3) is 0 Å². The standard InChI is InChI=1S/C15H20ClN5O2/c1-5-21(6-2)15-19-14(9-17-20-15)18-11-8-12(22-3)10(16)7-13(11)23-4/h7-9H,5-6H2,1-4H3,(H,18,19,20). The zero-order chi connectivity index (χ0) is 16.8. The van der Waals surface area contributed by atoms with Crippen molar-refractivity contribution in [3.63, 3.8) is 0 Å². The summed E-state index contributed by atoms with van der Waals surface area (Å²) in [5.74, 6) is 2.25. The number of ether oxygens (including phenoxy) is 2. The SMILES string of the molecule is CCN(CC)c1nncc(Nc2cc(OC)c(Cl)cc2OC)n1. The Kier molecular flexibility index (Phi) is 5.81. The van der Waals surface area contributed by atoms with E-state index >= 15 is 0 Å². The molecule has 1 aromatic carbocycles. The highest BCUT2D eigenvalue weighted by atomic mass is 35.5. The topological polar surface area (TPSA) is 72.4 Å². The molecule has 0 saturated heterocycles. The quantitative estimate of drug-likeness (QED) is 0.832. The van der Waals surface area contributed by atoms with E-state index in [9.17, 15) is 0 Å². The molecule has 0 spiro atoms. The number of nitrogens with one attached hydrogen (secondary N) is 1. The number of methoxy groups -OCH3 is 2. The zero-order valence-corrected chi connectivity index (χ0v) is 14.4. The van der Waals surface area contributed by atoms with Crippen LogP contribution in [0.3, 0.4) is 0 Å². The molecule has 0 radical (unpaired) electrons. The molecular weight excluding hydrogens is 318 g/mol. The average Bonchev–Trinajstić information content (AvgIpc) is 2.57. The van der Waals surface area contributed by atoms with Crippen molar-refractivity contribution >= 4 is 29.1 Å². The second-order valence-electron chi connectivity index (χ2n) is 4.63. The maximum Gasteiger partial charge on any atom is 0.247 e. The van der Waals surface area contributed by atoms with Crippen LogP contribution in [0, 0.1) is 0 Å². The molecule has 0 aliphatic carbocycles. The van der Waals surface area contributed by atoms with Crippen LogP contribution in [0.5, 0.6) is 11.5 Å². The summed E-state index contributed by atoms with van der Waals surface area (Å²) in [7, 11) is 3.13.